The fraction of sp³-hybridized carbons (Fsp3) is 0.364. The van der Waals surface area contributed by atoms with Crippen molar-refractivity contribution in [2.75, 3.05) is 13.6 Å². The van der Waals surface area contributed by atoms with Crippen LogP contribution in [-0.2, 0) is 0 Å². The van der Waals surface area contributed by atoms with E-state index in [1.807, 2.05) is 6.92 Å². The summed E-state index contributed by atoms with van der Waals surface area (Å²) in [6, 6.07) is 5.27. The Labute approximate surface area is 126 Å². The molecule has 0 aliphatic heterocycles. The quantitative estimate of drug-likeness (QED) is 0.809. The van der Waals surface area contributed by atoms with Gasteiger partial charge in [-0.2, -0.15) is 0 Å². The summed E-state index contributed by atoms with van der Waals surface area (Å²) < 4.78 is 0.874. The molecular weight excluding hydrogens is 374 g/mol. The van der Waals surface area contributed by atoms with Crippen molar-refractivity contribution in [1.82, 2.24) is 4.90 Å². The molecule has 17 heavy (non-hydrogen) atoms. The first-order valence-electron chi connectivity index (χ1n) is 4.89. The van der Waals surface area contributed by atoms with Gasteiger partial charge in [-0.05, 0) is 47.7 Å². The molecule has 0 aliphatic rings. The third-order valence-electron chi connectivity index (χ3n) is 2.49. The van der Waals surface area contributed by atoms with Gasteiger partial charge in [0.25, 0.3) is 5.91 Å². The maximum absolute atomic E-state index is 12.0. The Morgan fingerprint density at radius 2 is 2.18 bits per heavy atom. The average Bonchev–Trinajstić information content (AvgIpc) is 2.29. The Morgan fingerprint density at radius 3 is 2.65 bits per heavy atom. The van der Waals surface area contributed by atoms with Gasteiger partial charge in [0.2, 0.25) is 0 Å². The van der Waals surface area contributed by atoms with E-state index in [1.165, 1.54) is 0 Å². The molecule has 1 aromatic rings. The van der Waals surface area contributed by atoms with Crippen LogP contribution in [0.15, 0.2) is 18.2 Å². The summed E-state index contributed by atoms with van der Waals surface area (Å²) in [4.78, 5) is 13.7. The number of carbonyl (C=O) groups excluding carboxylic acids is 1. The van der Waals surface area contributed by atoms with Crippen LogP contribution in [-0.4, -0.2) is 30.4 Å². The van der Waals surface area contributed by atoms with Crippen LogP contribution >= 0.6 is 46.6 Å². The first-order valence-corrected chi connectivity index (χ1v) is 6.35. The van der Waals surface area contributed by atoms with Crippen LogP contribution in [0.4, 0.5) is 0 Å². The van der Waals surface area contributed by atoms with Crippen molar-refractivity contribution in [3.8, 4) is 0 Å². The third kappa shape index (κ3) is 4.28. The highest BCUT2D eigenvalue weighted by molar-refractivity contribution is 14.1. The maximum Gasteiger partial charge on any atom is 0.253 e. The van der Waals surface area contributed by atoms with Crippen LogP contribution in [0.1, 0.15) is 17.3 Å². The lowest BCUT2D eigenvalue weighted by Gasteiger charge is -2.23. The first kappa shape index (κ1) is 17.0. The number of amides is 1. The van der Waals surface area contributed by atoms with E-state index in [1.54, 1.807) is 30.1 Å². The highest BCUT2D eigenvalue weighted by atomic mass is 127. The van der Waals surface area contributed by atoms with E-state index in [9.17, 15) is 4.79 Å². The zero-order chi connectivity index (χ0) is 12.3. The number of carbonyl (C=O) groups is 1. The van der Waals surface area contributed by atoms with Crippen molar-refractivity contribution in [2.24, 2.45) is 5.73 Å². The van der Waals surface area contributed by atoms with Crippen molar-refractivity contribution < 1.29 is 4.79 Å². The van der Waals surface area contributed by atoms with E-state index in [0.717, 1.165) is 3.57 Å². The Kier molecular flexibility index (Phi) is 7.39. The van der Waals surface area contributed by atoms with E-state index in [4.69, 9.17) is 17.3 Å². The minimum atomic E-state index is -0.0347. The Bertz CT molecular complexity index is 401. The first-order chi connectivity index (χ1) is 7.47. The van der Waals surface area contributed by atoms with Crippen LogP contribution < -0.4 is 5.73 Å². The number of hydrogen-bond donors (Lipinski definition) is 1. The van der Waals surface area contributed by atoms with Crippen molar-refractivity contribution >= 4 is 52.5 Å². The van der Waals surface area contributed by atoms with Gasteiger partial charge in [0, 0.05) is 28.8 Å². The smallest absolute Gasteiger partial charge is 0.253 e. The van der Waals surface area contributed by atoms with Gasteiger partial charge in [0.15, 0.2) is 0 Å². The molecule has 0 saturated carbocycles. The van der Waals surface area contributed by atoms with Crippen molar-refractivity contribution in [3.63, 3.8) is 0 Å². The molecule has 6 heteroatoms. The van der Waals surface area contributed by atoms with Gasteiger partial charge in [0.05, 0.1) is 5.02 Å². The average molecular weight is 389 g/mol. The van der Waals surface area contributed by atoms with Crippen LogP contribution in [0.5, 0.6) is 0 Å². The van der Waals surface area contributed by atoms with Gasteiger partial charge in [-0.3, -0.25) is 4.79 Å². The minimum Gasteiger partial charge on any atom is -0.338 e. The lowest BCUT2D eigenvalue weighted by atomic mass is 10.2. The predicted octanol–water partition coefficient (Wildman–Crippen LogP) is 2.79. The highest BCUT2D eigenvalue weighted by Gasteiger charge is 2.16. The number of nitrogens with two attached hydrogens (primary N) is 1. The van der Waals surface area contributed by atoms with E-state index in [-0.39, 0.29) is 24.4 Å². The van der Waals surface area contributed by atoms with Crippen LogP contribution in [0.3, 0.4) is 0 Å². The summed E-state index contributed by atoms with van der Waals surface area (Å²) in [5, 5.41) is 0.659. The zero-order valence-electron chi connectivity index (χ0n) is 9.61. The van der Waals surface area contributed by atoms with Crippen LogP contribution in [0.25, 0.3) is 0 Å². The summed E-state index contributed by atoms with van der Waals surface area (Å²) in [6.45, 7) is 2.37. The van der Waals surface area contributed by atoms with Gasteiger partial charge >= 0.3 is 0 Å². The molecule has 96 valence electrons. The van der Waals surface area contributed by atoms with E-state index in [0.29, 0.717) is 17.1 Å². The van der Waals surface area contributed by atoms with Crippen LogP contribution in [0.2, 0.25) is 5.02 Å². The molecule has 1 aromatic carbocycles. The normalized spacial score (nSPS) is 11.6. The summed E-state index contributed by atoms with van der Waals surface area (Å²) in [7, 11) is 1.75. The molecule has 1 rings (SSSR count). The zero-order valence-corrected chi connectivity index (χ0v) is 13.3. The highest BCUT2D eigenvalue weighted by Crippen LogP contribution is 2.20. The monoisotopic (exact) mass is 388 g/mol. The standard InChI is InChI=1S/C11H14ClIN2O.ClH/c1-7(6-14)15(2)11(16)8-3-4-9(12)10(13)5-8;/h3-5,7H,6,14H2,1-2H3;1H. The molecule has 0 spiro atoms. The van der Waals surface area contributed by atoms with Crippen LogP contribution in [0, 0.1) is 3.57 Å². The number of hydrogen-bond acceptors (Lipinski definition) is 2. The van der Waals surface area contributed by atoms with E-state index in [2.05, 4.69) is 22.6 Å². The van der Waals surface area contributed by atoms with Gasteiger partial charge in [-0.15, -0.1) is 12.4 Å². The summed E-state index contributed by atoms with van der Waals surface area (Å²) in [6.07, 6.45) is 0. The minimum absolute atomic E-state index is 0. The fourth-order valence-electron chi connectivity index (χ4n) is 1.19. The Balaban J connectivity index is 0.00000256. The molecule has 0 radical (unpaired) electrons. The molecule has 1 amide bonds. The molecule has 0 heterocycles. The number of rotatable bonds is 3. The molecule has 1 unspecified atom stereocenters. The molecule has 1 atom stereocenters. The number of halogens is 3. The Hall–Kier alpha value is -0.0400. The van der Waals surface area contributed by atoms with Crippen molar-refractivity contribution in [1.29, 1.82) is 0 Å². The van der Waals surface area contributed by atoms with Crippen molar-refractivity contribution in [3.05, 3.63) is 32.4 Å². The molecular formula is C11H15Cl2IN2O. The molecule has 2 N–H and O–H groups in total. The lowest BCUT2D eigenvalue weighted by Crippen LogP contribution is -2.39. The molecule has 0 aromatic heterocycles. The van der Waals surface area contributed by atoms with E-state index >= 15 is 0 Å². The second-order valence-corrected chi connectivity index (χ2v) is 5.20. The molecule has 0 aliphatic carbocycles. The second-order valence-electron chi connectivity index (χ2n) is 3.63. The Morgan fingerprint density at radius 1 is 1.59 bits per heavy atom. The molecule has 0 bridgehead atoms. The van der Waals surface area contributed by atoms with Gasteiger partial charge in [-0.1, -0.05) is 11.6 Å². The molecule has 0 saturated heterocycles. The topological polar surface area (TPSA) is 46.3 Å². The maximum atomic E-state index is 12.0. The number of benzene rings is 1. The number of nitrogens with zero attached hydrogens (tertiary/aromatic N) is 1. The van der Waals surface area contributed by atoms with Gasteiger partial charge < -0.3 is 10.6 Å². The largest absolute Gasteiger partial charge is 0.338 e. The third-order valence-corrected chi connectivity index (χ3v) is 4.03. The van der Waals surface area contributed by atoms with Gasteiger partial charge in [-0.25, -0.2) is 0 Å². The van der Waals surface area contributed by atoms with Gasteiger partial charge in [0.1, 0.15) is 0 Å². The summed E-state index contributed by atoms with van der Waals surface area (Å²) in [5.41, 5.74) is 6.16. The summed E-state index contributed by atoms with van der Waals surface area (Å²) >= 11 is 8.01. The molecule has 0 fully saturated rings. The summed E-state index contributed by atoms with van der Waals surface area (Å²) in [5.74, 6) is -0.0347. The SMILES string of the molecule is CC(CN)N(C)C(=O)c1ccc(Cl)c(I)c1.Cl. The lowest BCUT2D eigenvalue weighted by molar-refractivity contribution is 0.0748. The van der Waals surface area contributed by atoms with E-state index < -0.39 is 0 Å². The molecule has 3 nitrogen and oxygen atoms in total. The second kappa shape index (κ2) is 7.41. The van der Waals surface area contributed by atoms with Crippen molar-refractivity contribution in [2.45, 2.75) is 13.0 Å². The number of likely N-dealkylation sites (N-methyl/N-ethyl adjacent to an activating group) is 1. The predicted molar refractivity (Wildman–Crippen MR) is 82.0 cm³/mol. The fourth-order valence-corrected chi connectivity index (χ4v) is 1.82.